The summed E-state index contributed by atoms with van der Waals surface area (Å²) in [5.74, 6) is -0.816. The number of methoxy groups -OCH3 is 1. The number of hydrogen-bond acceptors (Lipinski definition) is 5. The minimum Gasteiger partial charge on any atom is -0.494 e. The lowest BCUT2D eigenvalue weighted by Gasteiger charge is -2.27. The molecule has 1 atom stereocenters. The van der Waals surface area contributed by atoms with Crippen molar-refractivity contribution in [3.8, 4) is 5.75 Å². The Morgan fingerprint density at radius 2 is 1.93 bits per heavy atom. The number of benzene rings is 1. The van der Waals surface area contributed by atoms with Crippen LogP contribution in [0.2, 0.25) is 0 Å². The highest BCUT2D eigenvalue weighted by molar-refractivity contribution is 6.03. The van der Waals surface area contributed by atoms with Crippen LogP contribution in [0.3, 0.4) is 0 Å². The minimum absolute atomic E-state index is 0.128. The number of aromatic amines is 1. The Bertz CT molecular complexity index is 891. The van der Waals surface area contributed by atoms with Gasteiger partial charge >= 0.3 is 5.97 Å². The van der Waals surface area contributed by atoms with E-state index in [2.05, 4.69) is 4.98 Å². The predicted molar refractivity (Wildman–Crippen MR) is 109 cm³/mol. The summed E-state index contributed by atoms with van der Waals surface area (Å²) in [5, 5.41) is 0. The van der Waals surface area contributed by atoms with Crippen molar-refractivity contribution in [1.82, 2.24) is 9.88 Å². The van der Waals surface area contributed by atoms with Crippen LogP contribution in [0, 0.1) is 19.7 Å². The number of halogens is 1. The van der Waals surface area contributed by atoms with Crippen molar-refractivity contribution in [3.63, 3.8) is 0 Å². The number of carbonyl (C=O) groups is 2. The number of aromatic nitrogens is 1. The van der Waals surface area contributed by atoms with Gasteiger partial charge in [-0.05, 0) is 57.5 Å². The molecule has 2 aromatic rings. The summed E-state index contributed by atoms with van der Waals surface area (Å²) in [5.41, 5.74) is 2.75. The molecule has 0 spiro atoms. The summed E-state index contributed by atoms with van der Waals surface area (Å²) in [6.45, 7) is 10.3. The van der Waals surface area contributed by atoms with Crippen molar-refractivity contribution in [2.45, 2.75) is 47.2 Å². The maximum Gasteiger partial charge on any atom is 0.340 e. The molecule has 0 aliphatic carbocycles. The molecule has 0 bridgehead atoms. The summed E-state index contributed by atoms with van der Waals surface area (Å²) in [6, 6.07) is 4.32. The molecule has 1 unspecified atom stereocenters. The zero-order valence-corrected chi connectivity index (χ0v) is 17.9. The first-order valence-electron chi connectivity index (χ1n) is 9.71. The Morgan fingerprint density at radius 1 is 1.24 bits per heavy atom. The van der Waals surface area contributed by atoms with Crippen LogP contribution >= 0.6 is 0 Å². The van der Waals surface area contributed by atoms with E-state index < -0.39 is 17.8 Å². The molecule has 0 aliphatic rings. The Morgan fingerprint density at radius 3 is 2.48 bits per heavy atom. The molecule has 158 valence electrons. The van der Waals surface area contributed by atoms with E-state index in [4.69, 9.17) is 9.47 Å². The number of Topliss-reactive ketones (excluding diaryl/α,β-unsaturated/α-hetero) is 1. The number of carbonyl (C=O) groups excluding carboxylic acids is 2. The maximum absolute atomic E-state index is 14.0. The highest BCUT2D eigenvalue weighted by atomic mass is 19.1. The first-order chi connectivity index (χ1) is 13.7. The third-order valence-corrected chi connectivity index (χ3v) is 5.10. The van der Waals surface area contributed by atoms with E-state index in [1.807, 2.05) is 18.7 Å². The molecule has 29 heavy (non-hydrogen) atoms. The monoisotopic (exact) mass is 404 g/mol. The van der Waals surface area contributed by atoms with Crippen molar-refractivity contribution < 1.29 is 23.5 Å². The third kappa shape index (κ3) is 4.85. The molecule has 0 radical (unpaired) electrons. The lowest BCUT2D eigenvalue weighted by atomic mass is 10.0. The molecule has 6 nitrogen and oxygen atoms in total. The number of aryl methyl sites for hydroxylation is 1. The first kappa shape index (κ1) is 22.6. The number of H-pyrrole nitrogens is 1. The van der Waals surface area contributed by atoms with Crippen molar-refractivity contribution in [2.75, 3.05) is 20.3 Å². The Balaban J connectivity index is 2.24. The number of nitrogens with zero attached hydrogens (tertiary/aromatic N) is 1. The highest BCUT2D eigenvalue weighted by Gasteiger charge is 2.28. The van der Waals surface area contributed by atoms with E-state index in [9.17, 15) is 14.0 Å². The fourth-order valence-electron chi connectivity index (χ4n) is 3.45. The summed E-state index contributed by atoms with van der Waals surface area (Å²) in [4.78, 5) is 30.3. The van der Waals surface area contributed by atoms with Gasteiger partial charge in [0.2, 0.25) is 0 Å². The number of likely N-dealkylation sites (N-methyl/N-ethyl adjacent to an activating group) is 1. The van der Waals surface area contributed by atoms with Gasteiger partial charge in [0.05, 0.1) is 31.0 Å². The third-order valence-electron chi connectivity index (χ3n) is 5.10. The normalized spacial score (nSPS) is 12.1. The molecule has 1 aromatic carbocycles. The van der Waals surface area contributed by atoms with Gasteiger partial charge < -0.3 is 14.5 Å². The summed E-state index contributed by atoms with van der Waals surface area (Å²) >= 11 is 0. The number of rotatable bonds is 9. The van der Waals surface area contributed by atoms with Crippen molar-refractivity contribution in [3.05, 3.63) is 52.1 Å². The van der Waals surface area contributed by atoms with Crippen LogP contribution in [-0.4, -0.2) is 47.9 Å². The molecule has 0 amide bonds. The SMILES string of the molecule is CCOC(=O)c1c(C)[nH]c(C(=O)C(C)N(CC)Cc2ccc(OC)c(F)c2)c1C. The first-order valence-corrected chi connectivity index (χ1v) is 9.71. The fraction of sp³-hybridized carbons (Fsp3) is 0.455. The minimum atomic E-state index is -0.461. The second-order valence-electron chi connectivity index (χ2n) is 6.92. The second kappa shape index (κ2) is 9.69. The molecule has 0 saturated heterocycles. The molecule has 0 fully saturated rings. The van der Waals surface area contributed by atoms with Gasteiger partial charge in [-0.2, -0.15) is 0 Å². The van der Waals surface area contributed by atoms with Crippen LogP contribution in [0.5, 0.6) is 5.75 Å². The Hall–Kier alpha value is -2.67. The lowest BCUT2D eigenvalue weighted by molar-refractivity contribution is 0.0525. The van der Waals surface area contributed by atoms with Crippen LogP contribution < -0.4 is 4.74 Å². The Kier molecular flexibility index (Phi) is 7.56. The average Bonchev–Trinajstić information content (AvgIpc) is 2.99. The molecule has 1 N–H and O–H groups in total. The Labute approximate surface area is 171 Å². The lowest BCUT2D eigenvalue weighted by Crippen LogP contribution is -2.39. The number of ketones is 1. The van der Waals surface area contributed by atoms with Crippen LogP contribution in [0.15, 0.2) is 18.2 Å². The zero-order chi connectivity index (χ0) is 21.7. The number of esters is 1. The summed E-state index contributed by atoms with van der Waals surface area (Å²) in [7, 11) is 1.42. The molecule has 1 heterocycles. The van der Waals surface area contributed by atoms with E-state index >= 15 is 0 Å². The van der Waals surface area contributed by atoms with Gasteiger partial charge in [0, 0.05) is 12.2 Å². The van der Waals surface area contributed by atoms with E-state index in [1.165, 1.54) is 13.2 Å². The topological polar surface area (TPSA) is 71.6 Å². The maximum atomic E-state index is 14.0. The number of ether oxygens (including phenoxy) is 2. The summed E-state index contributed by atoms with van der Waals surface area (Å²) in [6.07, 6.45) is 0. The number of hydrogen-bond donors (Lipinski definition) is 1. The van der Waals surface area contributed by atoms with Crippen molar-refractivity contribution >= 4 is 11.8 Å². The second-order valence-corrected chi connectivity index (χ2v) is 6.92. The van der Waals surface area contributed by atoms with Crippen LogP contribution in [0.4, 0.5) is 4.39 Å². The molecule has 2 rings (SSSR count). The van der Waals surface area contributed by atoms with Gasteiger partial charge in [0.25, 0.3) is 0 Å². The van der Waals surface area contributed by atoms with Gasteiger partial charge in [-0.25, -0.2) is 9.18 Å². The standard InChI is InChI=1S/C22H29FN2O4/c1-7-25(12-16-9-10-18(28-6)17(23)11-16)15(5)21(26)20-13(3)19(14(4)24-20)22(27)29-8-2/h9-11,15,24H,7-8,12H2,1-6H3. The average molecular weight is 404 g/mol. The zero-order valence-electron chi connectivity index (χ0n) is 17.9. The van der Waals surface area contributed by atoms with Gasteiger partial charge in [0.1, 0.15) is 0 Å². The molecular formula is C22H29FN2O4. The van der Waals surface area contributed by atoms with Gasteiger partial charge in [0.15, 0.2) is 17.3 Å². The van der Waals surface area contributed by atoms with Crippen molar-refractivity contribution in [1.29, 1.82) is 0 Å². The van der Waals surface area contributed by atoms with Crippen LogP contribution in [0.1, 0.15) is 58.4 Å². The van der Waals surface area contributed by atoms with E-state index in [0.29, 0.717) is 35.6 Å². The van der Waals surface area contributed by atoms with Gasteiger partial charge in [-0.15, -0.1) is 0 Å². The van der Waals surface area contributed by atoms with Crippen LogP contribution in [-0.2, 0) is 11.3 Å². The molecule has 0 saturated carbocycles. The van der Waals surface area contributed by atoms with Gasteiger partial charge in [-0.1, -0.05) is 13.0 Å². The smallest absolute Gasteiger partial charge is 0.340 e. The van der Waals surface area contributed by atoms with E-state index in [0.717, 1.165) is 5.56 Å². The largest absolute Gasteiger partial charge is 0.494 e. The van der Waals surface area contributed by atoms with Gasteiger partial charge in [-0.3, -0.25) is 9.69 Å². The highest BCUT2D eigenvalue weighted by Crippen LogP contribution is 2.23. The molecule has 1 aromatic heterocycles. The molecular weight excluding hydrogens is 375 g/mol. The quantitative estimate of drug-likeness (QED) is 0.504. The van der Waals surface area contributed by atoms with Crippen molar-refractivity contribution in [2.24, 2.45) is 0 Å². The van der Waals surface area contributed by atoms with E-state index in [-0.39, 0.29) is 18.1 Å². The summed E-state index contributed by atoms with van der Waals surface area (Å²) < 4.78 is 24.1. The number of nitrogens with one attached hydrogen (secondary N) is 1. The predicted octanol–water partition coefficient (Wildman–Crippen LogP) is 4.05. The fourth-order valence-corrected chi connectivity index (χ4v) is 3.45. The van der Waals surface area contributed by atoms with E-state index in [1.54, 1.807) is 32.9 Å². The molecule has 7 heteroatoms. The van der Waals surface area contributed by atoms with Crippen LogP contribution in [0.25, 0.3) is 0 Å². The molecule has 0 aliphatic heterocycles.